The third kappa shape index (κ3) is 5.44. The first kappa shape index (κ1) is 22.7. The van der Waals surface area contributed by atoms with E-state index in [2.05, 4.69) is 45.0 Å². The van der Waals surface area contributed by atoms with Crippen LogP contribution in [-0.2, 0) is 16.1 Å². The number of carbonyl (C=O) groups is 1. The maximum absolute atomic E-state index is 12.5. The smallest absolute Gasteiger partial charge is 0.231 e. The Morgan fingerprint density at radius 1 is 1.12 bits per heavy atom. The van der Waals surface area contributed by atoms with Gasteiger partial charge in [-0.15, -0.1) is 0 Å². The number of benzene rings is 2. The van der Waals surface area contributed by atoms with Crippen LogP contribution in [0.15, 0.2) is 42.5 Å². The number of aryl methyl sites for hydroxylation is 1. The molecule has 2 heterocycles. The maximum Gasteiger partial charge on any atom is 0.231 e. The van der Waals surface area contributed by atoms with Gasteiger partial charge in [0.15, 0.2) is 11.5 Å². The normalized spacial score (nSPS) is 20.1. The van der Waals surface area contributed by atoms with Crippen molar-refractivity contribution < 1.29 is 19.0 Å². The Balaban J connectivity index is 1.49. The van der Waals surface area contributed by atoms with Gasteiger partial charge in [0.25, 0.3) is 0 Å². The summed E-state index contributed by atoms with van der Waals surface area (Å²) in [7, 11) is 0. The van der Waals surface area contributed by atoms with Crippen molar-refractivity contribution >= 4 is 5.91 Å². The first-order chi connectivity index (χ1) is 15.3. The molecule has 0 N–H and O–H groups in total. The van der Waals surface area contributed by atoms with E-state index < -0.39 is 0 Å². The second-order valence-corrected chi connectivity index (χ2v) is 9.80. The number of carbonyl (C=O) groups excluding carboxylic acids is 1. The van der Waals surface area contributed by atoms with E-state index in [1.165, 1.54) is 11.1 Å². The third-order valence-corrected chi connectivity index (χ3v) is 6.78. The molecule has 0 aromatic heterocycles. The number of nitrogens with zero attached hydrogens (tertiary/aromatic N) is 1. The van der Waals surface area contributed by atoms with E-state index in [0.717, 1.165) is 49.5 Å². The highest BCUT2D eigenvalue weighted by molar-refractivity contribution is 5.73. The molecule has 32 heavy (non-hydrogen) atoms. The van der Waals surface area contributed by atoms with Gasteiger partial charge in [-0.25, -0.2) is 0 Å². The van der Waals surface area contributed by atoms with Gasteiger partial charge < -0.3 is 19.1 Å². The standard InChI is InChI=1S/C27H35NO4/c1-19-5-8-22(9-6-19)24(23-12-14-32-27(3,4)16-23)11-13-28(20(2)29)17-21-7-10-25-26(15-21)31-18-30-25/h5-10,15,23-24H,11-14,16-18H2,1-4H3/t23-,24+/m0/s1. The maximum atomic E-state index is 12.5. The van der Waals surface area contributed by atoms with Crippen LogP contribution in [0.5, 0.6) is 11.5 Å². The van der Waals surface area contributed by atoms with E-state index in [1.807, 2.05) is 23.1 Å². The highest BCUT2D eigenvalue weighted by atomic mass is 16.7. The first-order valence-corrected chi connectivity index (χ1v) is 11.7. The second-order valence-electron chi connectivity index (χ2n) is 9.80. The van der Waals surface area contributed by atoms with Crippen LogP contribution in [0, 0.1) is 12.8 Å². The molecule has 0 radical (unpaired) electrons. The Morgan fingerprint density at radius 3 is 2.59 bits per heavy atom. The zero-order valence-corrected chi connectivity index (χ0v) is 19.7. The van der Waals surface area contributed by atoms with Crippen LogP contribution in [0.4, 0.5) is 0 Å². The molecule has 5 heteroatoms. The molecule has 2 aromatic carbocycles. The summed E-state index contributed by atoms with van der Waals surface area (Å²) in [6.45, 7) is 10.5. The van der Waals surface area contributed by atoms with Crippen molar-refractivity contribution in [2.24, 2.45) is 5.92 Å². The van der Waals surface area contributed by atoms with E-state index in [4.69, 9.17) is 14.2 Å². The van der Waals surface area contributed by atoms with Crippen LogP contribution in [0.3, 0.4) is 0 Å². The topological polar surface area (TPSA) is 48.0 Å². The Labute approximate surface area is 191 Å². The zero-order chi connectivity index (χ0) is 22.7. The number of rotatable bonds is 7. The predicted octanol–water partition coefficient (Wildman–Crippen LogP) is 5.45. The third-order valence-electron chi connectivity index (χ3n) is 6.78. The lowest BCUT2D eigenvalue weighted by atomic mass is 9.75. The summed E-state index contributed by atoms with van der Waals surface area (Å²) in [5.74, 6) is 2.56. The van der Waals surface area contributed by atoms with Gasteiger partial charge >= 0.3 is 0 Å². The van der Waals surface area contributed by atoms with Gasteiger partial charge in [0.2, 0.25) is 12.7 Å². The van der Waals surface area contributed by atoms with Crippen LogP contribution in [0.1, 0.15) is 62.6 Å². The molecular weight excluding hydrogens is 402 g/mol. The fourth-order valence-corrected chi connectivity index (χ4v) is 5.01. The second kappa shape index (κ2) is 9.53. The van der Waals surface area contributed by atoms with Gasteiger partial charge in [0.05, 0.1) is 5.60 Å². The lowest BCUT2D eigenvalue weighted by Crippen LogP contribution is -2.37. The van der Waals surface area contributed by atoms with Crippen molar-refractivity contribution in [3.63, 3.8) is 0 Å². The summed E-state index contributed by atoms with van der Waals surface area (Å²) in [6, 6.07) is 14.8. The number of hydrogen-bond donors (Lipinski definition) is 0. The molecule has 0 saturated carbocycles. The van der Waals surface area contributed by atoms with E-state index in [0.29, 0.717) is 18.4 Å². The molecule has 0 bridgehead atoms. The molecule has 0 unspecified atom stereocenters. The lowest BCUT2D eigenvalue weighted by molar-refractivity contribution is -0.129. The predicted molar refractivity (Wildman–Crippen MR) is 125 cm³/mol. The largest absolute Gasteiger partial charge is 0.454 e. The van der Waals surface area contributed by atoms with Crippen molar-refractivity contribution in [1.82, 2.24) is 4.90 Å². The molecule has 1 saturated heterocycles. The minimum Gasteiger partial charge on any atom is -0.454 e. The summed E-state index contributed by atoms with van der Waals surface area (Å²) < 4.78 is 16.9. The Kier molecular flexibility index (Phi) is 6.75. The monoisotopic (exact) mass is 437 g/mol. The molecule has 2 aliphatic heterocycles. The number of ether oxygens (including phenoxy) is 3. The summed E-state index contributed by atoms with van der Waals surface area (Å²) in [5.41, 5.74) is 3.60. The van der Waals surface area contributed by atoms with Gasteiger partial charge in [-0.1, -0.05) is 35.9 Å². The van der Waals surface area contributed by atoms with Crippen molar-refractivity contribution in [1.29, 1.82) is 0 Å². The van der Waals surface area contributed by atoms with Gasteiger partial charge in [-0.2, -0.15) is 0 Å². The van der Waals surface area contributed by atoms with Crippen LogP contribution in [0.2, 0.25) is 0 Å². The summed E-state index contributed by atoms with van der Waals surface area (Å²) >= 11 is 0. The van der Waals surface area contributed by atoms with Crippen LogP contribution in [-0.4, -0.2) is 36.4 Å². The molecule has 1 fully saturated rings. The van der Waals surface area contributed by atoms with E-state index >= 15 is 0 Å². The van der Waals surface area contributed by atoms with E-state index in [9.17, 15) is 4.79 Å². The SMILES string of the molecule is CC(=O)N(CC[C@H](c1ccc(C)cc1)[C@H]1CCOC(C)(C)C1)Cc1ccc2c(c1)OCO2. The van der Waals surface area contributed by atoms with Crippen LogP contribution in [0.25, 0.3) is 0 Å². The van der Waals surface area contributed by atoms with Crippen molar-refractivity contribution in [2.45, 2.75) is 65.0 Å². The highest BCUT2D eigenvalue weighted by Crippen LogP contribution is 2.40. The van der Waals surface area contributed by atoms with Crippen molar-refractivity contribution in [3.05, 3.63) is 59.2 Å². The summed E-state index contributed by atoms with van der Waals surface area (Å²) in [5, 5.41) is 0. The Bertz CT molecular complexity index is 937. The number of amides is 1. The average Bonchev–Trinajstić information content (AvgIpc) is 3.21. The highest BCUT2D eigenvalue weighted by Gasteiger charge is 2.34. The molecule has 1 amide bonds. The molecule has 172 valence electrons. The molecular formula is C27H35NO4. The number of fused-ring (bicyclic) bond motifs is 1. The quantitative estimate of drug-likeness (QED) is 0.578. The van der Waals surface area contributed by atoms with Gasteiger partial charge in [0.1, 0.15) is 0 Å². The molecule has 0 aliphatic carbocycles. The van der Waals surface area contributed by atoms with Crippen LogP contribution >= 0.6 is 0 Å². The average molecular weight is 438 g/mol. The molecule has 0 spiro atoms. The Morgan fingerprint density at radius 2 is 1.88 bits per heavy atom. The van der Waals surface area contributed by atoms with Gasteiger partial charge in [-0.3, -0.25) is 4.79 Å². The van der Waals surface area contributed by atoms with Crippen molar-refractivity contribution in [3.8, 4) is 11.5 Å². The van der Waals surface area contributed by atoms with Crippen LogP contribution < -0.4 is 9.47 Å². The van der Waals surface area contributed by atoms with E-state index in [-0.39, 0.29) is 18.3 Å². The fourth-order valence-electron chi connectivity index (χ4n) is 5.01. The van der Waals surface area contributed by atoms with Gasteiger partial charge in [-0.05, 0) is 75.1 Å². The zero-order valence-electron chi connectivity index (χ0n) is 19.7. The number of hydrogen-bond acceptors (Lipinski definition) is 4. The fraction of sp³-hybridized carbons (Fsp3) is 0.519. The molecule has 5 nitrogen and oxygen atoms in total. The van der Waals surface area contributed by atoms with E-state index in [1.54, 1.807) is 6.92 Å². The minimum atomic E-state index is -0.0986. The molecule has 2 aromatic rings. The van der Waals surface area contributed by atoms with Crippen molar-refractivity contribution in [2.75, 3.05) is 19.9 Å². The Hall–Kier alpha value is -2.53. The first-order valence-electron chi connectivity index (χ1n) is 11.7. The van der Waals surface area contributed by atoms with Gasteiger partial charge in [0, 0.05) is 26.6 Å². The molecule has 2 atom stereocenters. The lowest BCUT2D eigenvalue weighted by Gasteiger charge is -2.40. The minimum absolute atomic E-state index is 0.0950. The molecule has 4 rings (SSSR count). The molecule has 2 aliphatic rings. The summed E-state index contributed by atoms with van der Waals surface area (Å²) in [4.78, 5) is 14.5. The summed E-state index contributed by atoms with van der Waals surface area (Å²) in [6.07, 6.45) is 3.03.